The highest BCUT2D eigenvalue weighted by Gasteiger charge is 2.10. The fourth-order valence-electron chi connectivity index (χ4n) is 1.68. The summed E-state index contributed by atoms with van der Waals surface area (Å²) in [6.07, 6.45) is 0. The molecule has 0 aliphatic rings. The van der Waals surface area contributed by atoms with Crippen molar-refractivity contribution < 1.29 is 9.18 Å². The third-order valence-electron chi connectivity index (χ3n) is 2.52. The van der Waals surface area contributed by atoms with Gasteiger partial charge in [0.15, 0.2) is 0 Å². The molecule has 3 N–H and O–H groups in total. The SMILES string of the molecule is Cc1nc(C)n(CC(=O)Nc2cc(N)ccc2F)n1. The Morgan fingerprint density at radius 3 is 2.84 bits per heavy atom. The predicted molar refractivity (Wildman–Crippen MR) is 68.9 cm³/mol. The van der Waals surface area contributed by atoms with Crippen LogP contribution in [0.3, 0.4) is 0 Å². The number of carbonyl (C=O) groups is 1. The second-order valence-electron chi connectivity index (χ2n) is 4.15. The van der Waals surface area contributed by atoms with Crippen LogP contribution in [0, 0.1) is 19.7 Å². The molecule has 100 valence electrons. The van der Waals surface area contributed by atoms with Crippen LogP contribution in [0.1, 0.15) is 11.6 Å². The second kappa shape index (κ2) is 5.05. The van der Waals surface area contributed by atoms with Gasteiger partial charge in [-0.2, -0.15) is 5.10 Å². The van der Waals surface area contributed by atoms with E-state index in [1.165, 1.54) is 22.9 Å². The number of hydrogen-bond donors (Lipinski definition) is 2. The maximum atomic E-state index is 13.4. The minimum absolute atomic E-state index is 0.0269. The largest absolute Gasteiger partial charge is 0.399 e. The number of nitrogen functional groups attached to an aromatic ring is 1. The minimum atomic E-state index is -0.533. The standard InChI is InChI=1S/C12H14FN5O/c1-7-15-8(2)18(17-7)6-12(19)16-11-5-9(14)3-4-10(11)13/h3-5H,6,14H2,1-2H3,(H,16,19). The van der Waals surface area contributed by atoms with E-state index in [4.69, 9.17) is 5.73 Å². The summed E-state index contributed by atoms with van der Waals surface area (Å²) in [6.45, 7) is 3.45. The number of benzene rings is 1. The Morgan fingerprint density at radius 2 is 2.21 bits per heavy atom. The van der Waals surface area contributed by atoms with Crippen molar-refractivity contribution in [2.75, 3.05) is 11.1 Å². The molecule has 1 aromatic carbocycles. The van der Waals surface area contributed by atoms with Crippen LogP contribution in [0.25, 0.3) is 0 Å². The zero-order valence-corrected chi connectivity index (χ0v) is 10.6. The molecule has 0 aliphatic heterocycles. The number of aryl methyl sites for hydroxylation is 2. The molecule has 0 aliphatic carbocycles. The molecule has 1 aromatic heterocycles. The van der Waals surface area contributed by atoms with Gasteiger partial charge in [-0.05, 0) is 32.0 Å². The summed E-state index contributed by atoms with van der Waals surface area (Å²) in [5.74, 6) is 0.285. The van der Waals surface area contributed by atoms with Crippen LogP contribution in [0.5, 0.6) is 0 Å². The van der Waals surface area contributed by atoms with E-state index in [9.17, 15) is 9.18 Å². The highest BCUT2D eigenvalue weighted by molar-refractivity contribution is 5.91. The first-order valence-corrected chi connectivity index (χ1v) is 5.68. The number of anilines is 2. The molecule has 0 atom stereocenters. The molecule has 19 heavy (non-hydrogen) atoms. The maximum absolute atomic E-state index is 13.4. The van der Waals surface area contributed by atoms with Crippen molar-refractivity contribution in [3.63, 3.8) is 0 Å². The van der Waals surface area contributed by atoms with Gasteiger partial charge in [0.25, 0.3) is 0 Å². The molecule has 7 heteroatoms. The van der Waals surface area contributed by atoms with Crippen LogP contribution in [0.4, 0.5) is 15.8 Å². The Bertz CT molecular complexity index is 623. The lowest BCUT2D eigenvalue weighted by atomic mass is 10.2. The van der Waals surface area contributed by atoms with Gasteiger partial charge in [-0.3, -0.25) is 4.79 Å². The molecular weight excluding hydrogens is 249 g/mol. The van der Waals surface area contributed by atoms with E-state index >= 15 is 0 Å². The van der Waals surface area contributed by atoms with E-state index in [1.54, 1.807) is 13.8 Å². The first-order chi connectivity index (χ1) is 8.95. The third-order valence-corrected chi connectivity index (χ3v) is 2.52. The van der Waals surface area contributed by atoms with Gasteiger partial charge in [-0.25, -0.2) is 14.1 Å². The number of nitrogens with one attached hydrogen (secondary N) is 1. The normalized spacial score (nSPS) is 10.5. The quantitative estimate of drug-likeness (QED) is 0.816. The summed E-state index contributed by atoms with van der Waals surface area (Å²) in [6, 6.07) is 4.00. The van der Waals surface area contributed by atoms with E-state index in [0.717, 1.165) is 0 Å². The van der Waals surface area contributed by atoms with Gasteiger partial charge in [0, 0.05) is 5.69 Å². The number of carbonyl (C=O) groups excluding carboxylic acids is 1. The van der Waals surface area contributed by atoms with E-state index in [1.807, 2.05) is 0 Å². The van der Waals surface area contributed by atoms with E-state index in [2.05, 4.69) is 15.4 Å². The lowest BCUT2D eigenvalue weighted by Crippen LogP contribution is -2.21. The van der Waals surface area contributed by atoms with Gasteiger partial charge in [-0.1, -0.05) is 0 Å². The molecule has 2 rings (SSSR count). The molecule has 2 aromatic rings. The van der Waals surface area contributed by atoms with Gasteiger partial charge in [0.1, 0.15) is 24.0 Å². The van der Waals surface area contributed by atoms with Gasteiger partial charge in [-0.15, -0.1) is 0 Å². The van der Waals surface area contributed by atoms with Crippen LogP contribution in [0.2, 0.25) is 0 Å². The van der Waals surface area contributed by atoms with Gasteiger partial charge in [0.2, 0.25) is 5.91 Å². The van der Waals surface area contributed by atoms with Crippen LogP contribution in [0.15, 0.2) is 18.2 Å². The second-order valence-corrected chi connectivity index (χ2v) is 4.15. The molecule has 0 bridgehead atoms. The summed E-state index contributed by atoms with van der Waals surface area (Å²) in [4.78, 5) is 15.9. The maximum Gasteiger partial charge on any atom is 0.246 e. The monoisotopic (exact) mass is 263 g/mol. The Hall–Kier alpha value is -2.44. The molecule has 1 amide bonds. The van der Waals surface area contributed by atoms with Crippen molar-refractivity contribution in [1.29, 1.82) is 0 Å². The molecule has 0 saturated heterocycles. The summed E-state index contributed by atoms with van der Waals surface area (Å²) < 4.78 is 14.9. The molecule has 0 spiro atoms. The molecule has 0 radical (unpaired) electrons. The van der Waals surface area contributed by atoms with E-state index in [-0.39, 0.29) is 12.2 Å². The van der Waals surface area contributed by atoms with E-state index in [0.29, 0.717) is 17.3 Å². The number of hydrogen-bond acceptors (Lipinski definition) is 4. The van der Waals surface area contributed by atoms with Crippen molar-refractivity contribution in [2.45, 2.75) is 20.4 Å². The molecule has 0 unspecified atom stereocenters. The van der Waals surface area contributed by atoms with Gasteiger partial charge >= 0.3 is 0 Å². The number of halogens is 1. The molecule has 6 nitrogen and oxygen atoms in total. The minimum Gasteiger partial charge on any atom is -0.399 e. The fourth-order valence-corrected chi connectivity index (χ4v) is 1.68. The number of nitrogens with zero attached hydrogens (tertiary/aromatic N) is 3. The first kappa shape index (κ1) is 13.0. The van der Waals surface area contributed by atoms with Gasteiger partial charge < -0.3 is 11.1 Å². The predicted octanol–water partition coefficient (Wildman–Crippen LogP) is 1.25. The first-order valence-electron chi connectivity index (χ1n) is 5.68. The van der Waals surface area contributed by atoms with Crippen LogP contribution in [-0.2, 0) is 11.3 Å². The molecule has 1 heterocycles. The van der Waals surface area contributed by atoms with Crippen molar-refractivity contribution in [3.05, 3.63) is 35.7 Å². The Labute approximate surface area is 109 Å². The zero-order chi connectivity index (χ0) is 14.0. The highest BCUT2D eigenvalue weighted by Crippen LogP contribution is 2.17. The number of rotatable bonds is 3. The smallest absolute Gasteiger partial charge is 0.246 e. The van der Waals surface area contributed by atoms with E-state index < -0.39 is 11.7 Å². The Morgan fingerprint density at radius 1 is 1.47 bits per heavy atom. The summed E-state index contributed by atoms with van der Waals surface area (Å²) in [7, 11) is 0. The lowest BCUT2D eigenvalue weighted by molar-refractivity contribution is -0.117. The van der Waals surface area contributed by atoms with Crippen molar-refractivity contribution in [1.82, 2.24) is 14.8 Å². The Kier molecular flexibility index (Phi) is 3.46. The fraction of sp³-hybridized carbons (Fsp3) is 0.250. The van der Waals surface area contributed by atoms with Crippen molar-refractivity contribution in [2.24, 2.45) is 0 Å². The number of amides is 1. The van der Waals surface area contributed by atoms with Gasteiger partial charge in [0.05, 0.1) is 5.69 Å². The molecular formula is C12H14FN5O. The number of nitrogens with two attached hydrogens (primary N) is 1. The Balaban J connectivity index is 2.09. The summed E-state index contributed by atoms with van der Waals surface area (Å²) in [5.41, 5.74) is 5.97. The lowest BCUT2D eigenvalue weighted by Gasteiger charge is -2.07. The zero-order valence-electron chi connectivity index (χ0n) is 10.6. The molecule has 0 fully saturated rings. The topological polar surface area (TPSA) is 85.8 Å². The number of aromatic nitrogens is 3. The van der Waals surface area contributed by atoms with Crippen molar-refractivity contribution >= 4 is 17.3 Å². The van der Waals surface area contributed by atoms with Crippen LogP contribution in [-0.4, -0.2) is 20.7 Å². The van der Waals surface area contributed by atoms with Crippen molar-refractivity contribution in [3.8, 4) is 0 Å². The van der Waals surface area contributed by atoms with Crippen LogP contribution < -0.4 is 11.1 Å². The molecule has 0 saturated carbocycles. The average Bonchev–Trinajstić information content (AvgIpc) is 2.62. The summed E-state index contributed by atoms with van der Waals surface area (Å²) in [5, 5.41) is 6.51. The van der Waals surface area contributed by atoms with Crippen LogP contribution >= 0.6 is 0 Å². The highest BCUT2D eigenvalue weighted by atomic mass is 19.1. The third kappa shape index (κ3) is 3.06. The summed E-state index contributed by atoms with van der Waals surface area (Å²) >= 11 is 0. The average molecular weight is 263 g/mol.